The van der Waals surface area contributed by atoms with Crippen molar-refractivity contribution < 1.29 is 13.6 Å². The van der Waals surface area contributed by atoms with Crippen LogP contribution >= 0.6 is 23.4 Å². The predicted octanol–water partition coefficient (Wildman–Crippen LogP) is 5.39. The van der Waals surface area contributed by atoms with Crippen molar-refractivity contribution in [2.75, 3.05) is 5.32 Å². The van der Waals surface area contributed by atoms with E-state index in [1.165, 1.54) is 23.9 Å². The van der Waals surface area contributed by atoms with E-state index in [-0.39, 0.29) is 16.8 Å². The molecule has 0 unspecified atom stereocenters. The Kier molecular flexibility index (Phi) is 5.96. The first-order chi connectivity index (χ1) is 12.5. The van der Waals surface area contributed by atoms with Gasteiger partial charge >= 0.3 is 0 Å². The third kappa shape index (κ3) is 4.65. The van der Waals surface area contributed by atoms with Gasteiger partial charge in [-0.2, -0.15) is 0 Å². The van der Waals surface area contributed by atoms with Crippen LogP contribution in [-0.2, 0) is 10.5 Å². The summed E-state index contributed by atoms with van der Waals surface area (Å²) >= 11 is 7.27. The molecule has 0 saturated carbocycles. The molecule has 0 aliphatic rings. The summed E-state index contributed by atoms with van der Waals surface area (Å²) < 4.78 is 19.1. The molecule has 1 N–H and O–H groups in total. The molecule has 1 amide bonds. The highest BCUT2D eigenvalue weighted by molar-refractivity contribution is 7.99. The number of thioether (sulfide) groups is 1. The van der Waals surface area contributed by atoms with E-state index >= 15 is 0 Å². The quantitative estimate of drug-likeness (QED) is 0.612. The topological polar surface area (TPSA) is 55.1 Å². The molecule has 3 rings (SSSR count). The summed E-state index contributed by atoms with van der Waals surface area (Å²) in [5, 5.41) is 2.87. The number of nitrogens with one attached hydrogen (secondary N) is 1. The fraction of sp³-hybridized carbons (Fsp3) is 0.158. The van der Waals surface area contributed by atoms with Gasteiger partial charge in [0.15, 0.2) is 0 Å². The van der Waals surface area contributed by atoms with E-state index < -0.39 is 5.82 Å². The van der Waals surface area contributed by atoms with Gasteiger partial charge in [0, 0.05) is 16.3 Å². The van der Waals surface area contributed by atoms with Gasteiger partial charge in [-0.3, -0.25) is 4.79 Å². The average Bonchev–Trinajstić information content (AvgIpc) is 3.11. The zero-order valence-corrected chi connectivity index (χ0v) is 15.5. The number of para-hydroxylation sites is 1. The van der Waals surface area contributed by atoms with Crippen LogP contribution in [0.2, 0.25) is 5.02 Å². The lowest BCUT2D eigenvalue weighted by atomic mass is 10.2. The Morgan fingerprint density at radius 2 is 2.00 bits per heavy atom. The molecular weight excluding hydrogens is 375 g/mol. The fourth-order valence-electron chi connectivity index (χ4n) is 2.18. The van der Waals surface area contributed by atoms with Crippen LogP contribution in [0, 0.1) is 5.82 Å². The second kappa shape index (κ2) is 8.38. The standard InChI is InChI=1S/C19H16ClFN2O2S/c1-12(18(24)23-17-5-3-2-4-16(17)21)26-11-15-10-25-19(22-15)13-6-8-14(20)9-7-13/h2-10,12H,11H2,1H3,(H,23,24)/t12-/m1/s1. The Bertz CT molecular complexity index is 899. The summed E-state index contributed by atoms with van der Waals surface area (Å²) in [4.78, 5) is 16.6. The number of aromatic nitrogens is 1. The van der Waals surface area contributed by atoms with E-state index in [9.17, 15) is 9.18 Å². The summed E-state index contributed by atoms with van der Waals surface area (Å²) in [6, 6.07) is 13.3. The molecular formula is C19H16ClFN2O2S. The molecule has 4 nitrogen and oxygen atoms in total. The lowest BCUT2D eigenvalue weighted by Crippen LogP contribution is -2.23. The molecule has 1 heterocycles. The van der Waals surface area contributed by atoms with Crippen molar-refractivity contribution in [1.29, 1.82) is 0 Å². The van der Waals surface area contributed by atoms with Gasteiger partial charge in [0.05, 0.1) is 16.6 Å². The lowest BCUT2D eigenvalue weighted by Gasteiger charge is -2.11. The fourth-order valence-corrected chi connectivity index (χ4v) is 3.07. The normalized spacial score (nSPS) is 12.0. The molecule has 2 aromatic carbocycles. The molecule has 0 aliphatic carbocycles. The van der Waals surface area contributed by atoms with Crippen molar-refractivity contribution in [2.24, 2.45) is 0 Å². The minimum Gasteiger partial charge on any atom is -0.444 e. The van der Waals surface area contributed by atoms with Crippen molar-refractivity contribution in [3.63, 3.8) is 0 Å². The highest BCUT2D eigenvalue weighted by atomic mass is 35.5. The number of rotatable bonds is 6. The number of anilines is 1. The minimum absolute atomic E-state index is 0.177. The maximum atomic E-state index is 13.6. The van der Waals surface area contributed by atoms with Crippen LogP contribution in [0.5, 0.6) is 0 Å². The molecule has 0 radical (unpaired) electrons. The highest BCUT2D eigenvalue weighted by Crippen LogP contribution is 2.24. The zero-order valence-electron chi connectivity index (χ0n) is 13.9. The van der Waals surface area contributed by atoms with E-state index in [0.29, 0.717) is 16.7 Å². The summed E-state index contributed by atoms with van der Waals surface area (Å²) in [6.07, 6.45) is 1.57. The molecule has 0 bridgehead atoms. The Morgan fingerprint density at radius 1 is 1.27 bits per heavy atom. The molecule has 1 atom stereocenters. The Labute approximate surface area is 159 Å². The van der Waals surface area contributed by atoms with Gasteiger partial charge in [0.2, 0.25) is 11.8 Å². The van der Waals surface area contributed by atoms with Gasteiger partial charge in [0.25, 0.3) is 0 Å². The molecule has 0 aliphatic heterocycles. The maximum Gasteiger partial charge on any atom is 0.237 e. The number of carbonyl (C=O) groups excluding carboxylic acids is 1. The van der Waals surface area contributed by atoms with Crippen molar-refractivity contribution in [3.8, 4) is 11.5 Å². The first-order valence-electron chi connectivity index (χ1n) is 7.90. The third-order valence-corrected chi connectivity index (χ3v) is 5.05. The number of hydrogen-bond donors (Lipinski definition) is 1. The van der Waals surface area contributed by atoms with Crippen LogP contribution in [0.1, 0.15) is 12.6 Å². The van der Waals surface area contributed by atoms with Crippen LogP contribution in [0.25, 0.3) is 11.5 Å². The number of oxazole rings is 1. The molecule has 3 aromatic rings. The monoisotopic (exact) mass is 390 g/mol. The number of halogens is 2. The molecule has 134 valence electrons. The minimum atomic E-state index is -0.456. The van der Waals surface area contributed by atoms with Crippen molar-refractivity contribution in [2.45, 2.75) is 17.9 Å². The van der Waals surface area contributed by atoms with Crippen LogP contribution in [0.4, 0.5) is 10.1 Å². The van der Waals surface area contributed by atoms with Gasteiger partial charge in [0.1, 0.15) is 12.1 Å². The van der Waals surface area contributed by atoms with Crippen molar-refractivity contribution in [3.05, 3.63) is 71.3 Å². The SMILES string of the molecule is C[C@@H](SCc1coc(-c2ccc(Cl)cc2)n1)C(=O)Nc1ccccc1F. The maximum absolute atomic E-state index is 13.6. The molecule has 7 heteroatoms. The van der Waals surface area contributed by atoms with E-state index in [4.69, 9.17) is 16.0 Å². The van der Waals surface area contributed by atoms with E-state index in [1.807, 2.05) is 12.1 Å². The number of hydrogen-bond acceptors (Lipinski definition) is 4. The van der Waals surface area contributed by atoms with Gasteiger partial charge in [-0.05, 0) is 43.3 Å². The smallest absolute Gasteiger partial charge is 0.237 e. The van der Waals surface area contributed by atoms with Crippen LogP contribution < -0.4 is 5.32 Å². The summed E-state index contributed by atoms with van der Waals surface area (Å²) in [5.41, 5.74) is 1.73. The van der Waals surface area contributed by atoms with Gasteiger partial charge in [-0.15, -0.1) is 11.8 Å². The van der Waals surface area contributed by atoms with Gasteiger partial charge < -0.3 is 9.73 Å². The molecule has 0 fully saturated rings. The average molecular weight is 391 g/mol. The number of nitrogens with zero attached hydrogens (tertiary/aromatic N) is 1. The zero-order chi connectivity index (χ0) is 18.5. The van der Waals surface area contributed by atoms with E-state index in [0.717, 1.165) is 11.3 Å². The molecule has 26 heavy (non-hydrogen) atoms. The van der Waals surface area contributed by atoms with E-state index in [1.54, 1.807) is 37.5 Å². The highest BCUT2D eigenvalue weighted by Gasteiger charge is 2.16. The summed E-state index contributed by atoms with van der Waals surface area (Å²) in [6.45, 7) is 1.76. The first kappa shape index (κ1) is 18.5. The summed E-state index contributed by atoms with van der Waals surface area (Å²) in [5.74, 6) is 0.285. The third-order valence-electron chi connectivity index (χ3n) is 3.63. The van der Waals surface area contributed by atoms with Crippen LogP contribution in [-0.4, -0.2) is 16.1 Å². The number of amides is 1. The van der Waals surface area contributed by atoms with Gasteiger partial charge in [-0.1, -0.05) is 23.7 Å². The van der Waals surface area contributed by atoms with Crippen LogP contribution in [0.15, 0.2) is 59.2 Å². The Hall–Kier alpha value is -2.31. The summed E-state index contributed by atoms with van der Waals surface area (Å²) in [7, 11) is 0. The lowest BCUT2D eigenvalue weighted by molar-refractivity contribution is -0.115. The number of carbonyl (C=O) groups is 1. The van der Waals surface area contributed by atoms with E-state index in [2.05, 4.69) is 10.3 Å². The Morgan fingerprint density at radius 3 is 2.73 bits per heavy atom. The molecule has 1 aromatic heterocycles. The van der Waals surface area contributed by atoms with Crippen LogP contribution in [0.3, 0.4) is 0 Å². The largest absolute Gasteiger partial charge is 0.444 e. The second-order valence-electron chi connectivity index (χ2n) is 5.57. The van der Waals surface area contributed by atoms with Gasteiger partial charge in [-0.25, -0.2) is 9.37 Å². The first-order valence-corrected chi connectivity index (χ1v) is 9.33. The second-order valence-corrected chi connectivity index (χ2v) is 7.34. The predicted molar refractivity (Wildman–Crippen MR) is 103 cm³/mol. The molecule has 0 saturated heterocycles. The Balaban J connectivity index is 1.56. The van der Waals surface area contributed by atoms with Crippen molar-refractivity contribution >= 4 is 35.0 Å². The number of benzene rings is 2. The molecule has 0 spiro atoms. The van der Waals surface area contributed by atoms with Crippen molar-refractivity contribution in [1.82, 2.24) is 4.98 Å².